The Labute approximate surface area is 127 Å². The minimum Gasteiger partial charge on any atom is -0.497 e. The smallest absolute Gasteiger partial charge is 0.320 e. The summed E-state index contributed by atoms with van der Waals surface area (Å²) in [5.74, 6) is 0.810. The molecule has 1 aromatic carbocycles. The molecule has 7 heteroatoms. The van der Waals surface area contributed by atoms with Crippen molar-refractivity contribution in [2.45, 2.75) is 25.4 Å². The average molecular weight is 303 g/mol. The molecule has 1 fully saturated rings. The summed E-state index contributed by atoms with van der Waals surface area (Å²) in [7, 11) is 1.60. The molecule has 2 aromatic rings. The van der Waals surface area contributed by atoms with Gasteiger partial charge in [0.25, 0.3) is 0 Å². The largest absolute Gasteiger partial charge is 0.497 e. The number of carbonyl (C=O) groups is 1. The van der Waals surface area contributed by atoms with E-state index >= 15 is 0 Å². The standard InChI is InChI=1S/C15H17N3O4/c1-21-11-5-2-4-10(8-11)14-16-13(22-17-14)9-18-7-3-6-12(18)15(19)20/h2,4-5,8,12H,3,6-7,9H2,1H3,(H,19,20)/t12-/m1/s1. The van der Waals surface area contributed by atoms with Gasteiger partial charge in [-0.05, 0) is 31.5 Å². The number of hydrogen-bond donors (Lipinski definition) is 1. The molecular formula is C15H17N3O4. The maximum absolute atomic E-state index is 11.2. The van der Waals surface area contributed by atoms with Crippen molar-refractivity contribution in [2.24, 2.45) is 0 Å². The first-order valence-corrected chi connectivity index (χ1v) is 7.11. The van der Waals surface area contributed by atoms with E-state index in [0.717, 1.165) is 18.5 Å². The van der Waals surface area contributed by atoms with Crippen LogP contribution in [0.4, 0.5) is 0 Å². The van der Waals surface area contributed by atoms with E-state index in [1.165, 1.54) is 0 Å². The molecule has 1 atom stereocenters. The van der Waals surface area contributed by atoms with E-state index in [1.807, 2.05) is 29.2 Å². The van der Waals surface area contributed by atoms with E-state index in [0.29, 0.717) is 30.4 Å². The Balaban J connectivity index is 1.75. The Morgan fingerprint density at radius 2 is 2.41 bits per heavy atom. The van der Waals surface area contributed by atoms with Gasteiger partial charge in [-0.3, -0.25) is 9.69 Å². The lowest BCUT2D eigenvalue weighted by Gasteiger charge is -2.18. The molecule has 2 heterocycles. The number of ether oxygens (including phenoxy) is 1. The van der Waals surface area contributed by atoms with E-state index in [1.54, 1.807) is 7.11 Å². The lowest BCUT2D eigenvalue weighted by atomic mass is 10.2. The van der Waals surface area contributed by atoms with Crippen LogP contribution in [0.3, 0.4) is 0 Å². The summed E-state index contributed by atoms with van der Waals surface area (Å²) in [5.41, 5.74) is 0.797. The highest BCUT2D eigenvalue weighted by Gasteiger charge is 2.31. The molecule has 0 amide bonds. The first-order chi connectivity index (χ1) is 10.7. The summed E-state index contributed by atoms with van der Waals surface area (Å²) < 4.78 is 10.4. The number of likely N-dealkylation sites (tertiary alicyclic amines) is 1. The SMILES string of the molecule is COc1cccc(-c2noc(CN3CCC[C@@H]3C(=O)O)n2)c1. The minimum atomic E-state index is -0.801. The van der Waals surface area contributed by atoms with E-state index < -0.39 is 12.0 Å². The number of aromatic nitrogens is 2. The van der Waals surface area contributed by atoms with Crippen LogP contribution < -0.4 is 4.74 Å². The number of methoxy groups -OCH3 is 1. The van der Waals surface area contributed by atoms with Crippen molar-refractivity contribution >= 4 is 5.97 Å². The van der Waals surface area contributed by atoms with E-state index in [2.05, 4.69) is 10.1 Å². The second-order valence-corrected chi connectivity index (χ2v) is 5.21. The zero-order valence-electron chi connectivity index (χ0n) is 12.2. The lowest BCUT2D eigenvalue weighted by Crippen LogP contribution is -2.35. The molecule has 1 saturated heterocycles. The Morgan fingerprint density at radius 1 is 1.55 bits per heavy atom. The molecule has 7 nitrogen and oxygen atoms in total. The zero-order chi connectivity index (χ0) is 15.5. The number of rotatable bonds is 5. The molecule has 0 radical (unpaired) electrons. The van der Waals surface area contributed by atoms with Gasteiger partial charge < -0.3 is 14.4 Å². The number of benzene rings is 1. The molecule has 3 rings (SSSR count). The molecule has 0 spiro atoms. The van der Waals surface area contributed by atoms with Crippen LogP contribution in [0.15, 0.2) is 28.8 Å². The van der Waals surface area contributed by atoms with Gasteiger partial charge in [-0.25, -0.2) is 0 Å². The maximum atomic E-state index is 11.2. The highest BCUT2D eigenvalue weighted by Crippen LogP contribution is 2.23. The molecule has 1 aliphatic rings. The van der Waals surface area contributed by atoms with Gasteiger partial charge in [0.1, 0.15) is 11.8 Å². The monoisotopic (exact) mass is 303 g/mol. The molecule has 1 N–H and O–H groups in total. The van der Waals surface area contributed by atoms with Gasteiger partial charge in [-0.1, -0.05) is 17.3 Å². The van der Waals surface area contributed by atoms with Crippen LogP contribution in [-0.2, 0) is 11.3 Å². The third-order valence-electron chi connectivity index (χ3n) is 3.78. The fraction of sp³-hybridized carbons (Fsp3) is 0.400. The summed E-state index contributed by atoms with van der Waals surface area (Å²) >= 11 is 0. The minimum absolute atomic E-state index is 0.355. The number of carboxylic acids is 1. The van der Waals surface area contributed by atoms with Crippen molar-refractivity contribution in [3.63, 3.8) is 0 Å². The molecule has 0 unspecified atom stereocenters. The highest BCUT2D eigenvalue weighted by molar-refractivity contribution is 5.73. The van der Waals surface area contributed by atoms with Crippen LogP contribution in [0.1, 0.15) is 18.7 Å². The van der Waals surface area contributed by atoms with Crippen molar-refractivity contribution in [2.75, 3.05) is 13.7 Å². The zero-order valence-corrected chi connectivity index (χ0v) is 12.2. The molecule has 1 aliphatic heterocycles. The average Bonchev–Trinajstić information content (AvgIpc) is 3.17. The van der Waals surface area contributed by atoms with Gasteiger partial charge in [-0.2, -0.15) is 4.98 Å². The fourth-order valence-corrected chi connectivity index (χ4v) is 2.67. The van der Waals surface area contributed by atoms with Crippen LogP contribution in [0, 0.1) is 0 Å². The van der Waals surface area contributed by atoms with Crippen molar-refractivity contribution in [1.29, 1.82) is 0 Å². The predicted octanol–water partition coefficient (Wildman–Crippen LogP) is 1.79. The highest BCUT2D eigenvalue weighted by atomic mass is 16.5. The summed E-state index contributed by atoms with van der Waals surface area (Å²) in [6.07, 6.45) is 1.53. The van der Waals surface area contributed by atoms with Crippen LogP contribution in [-0.4, -0.2) is 45.8 Å². The van der Waals surface area contributed by atoms with Crippen LogP contribution in [0.25, 0.3) is 11.4 Å². The van der Waals surface area contributed by atoms with Crippen molar-refractivity contribution < 1.29 is 19.2 Å². The number of aliphatic carboxylic acids is 1. The summed E-state index contributed by atoms with van der Waals surface area (Å²) in [4.78, 5) is 17.4. The fourth-order valence-electron chi connectivity index (χ4n) is 2.67. The van der Waals surface area contributed by atoms with Crippen LogP contribution in [0.2, 0.25) is 0 Å². The van der Waals surface area contributed by atoms with Gasteiger partial charge in [0.2, 0.25) is 11.7 Å². The van der Waals surface area contributed by atoms with Gasteiger partial charge >= 0.3 is 5.97 Å². The van der Waals surface area contributed by atoms with Crippen molar-refractivity contribution in [3.8, 4) is 17.1 Å². The Bertz CT molecular complexity index is 670. The number of nitrogens with zero attached hydrogens (tertiary/aromatic N) is 3. The van der Waals surface area contributed by atoms with E-state index in [-0.39, 0.29) is 0 Å². The molecule has 116 valence electrons. The second kappa shape index (κ2) is 6.15. The summed E-state index contributed by atoms with van der Waals surface area (Å²) in [5, 5.41) is 13.1. The van der Waals surface area contributed by atoms with E-state index in [9.17, 15) is 9.90 Å². The lowest BCUT2D eigenvalue weighted by molar-refractivity contribution is -0.142. The van der Waals surface area contributed by atoms with Crippen LogP contribution in [0.5, 0.6) is 5.75 Å². The summed E-state index contributed by atoms with van der Waals surface area (Å²) in [6.45, 7) is 1.09. The third-order valence-corrected chi connectivity index (χ3v) is 3.78. The number of carboxylic acid groups (broad SMARTS) is 1. The van der Waals surface area contributed by atoms with Gasteiger partial charge in [-0.15, -0.1) is 0 Å². The van der Waals surface area contributed by atoms with E-state index in [4.69, 9.17) is 9.26 Å². The maximum Gasteiger partial charge on any atom is 0.320 e. The first-order valence-electron chi connectivity index (χ1n) is 7.11. The van der Waals surface area contributed by atoms with Gasteiger partial charge in [0.15, 0.2) is 0 Å². The molecule has 0 saturated carbocycles. The second-order valence-electron chi connectivity index (χ2n) is 5.21. The molecule has 0 aliphatic carbocycles. The van der Waals surface area contributed by atoms with Crippen LogP contribution >= 0.6 is 0 Å². The summed E-state index contributed by atoms with van der Waals surface area (Å²) in [6, 6.07) is 6.92. The predicted molar refractivity (Wildman–Crippen MR) is 77.4 cm³/mol. The molecular weight excluding hydrogens is 286 g/mol. The van der Waals surface area contributed by atoms with Crippen molar-refractivity contribution in [1.82, 2.24) is 15.0 Å². The van der Waals surface area contributed by atoms with Gasteiger partial charge in [0, 0.05) is 5.56 Å². The molecule has 22 heavy (non-hydrogen) atoms. The molecule has 1 aromatic heterocycles. The molecule has 0 bridgehead atoms. The first kappa shape index (κ1) is 14.5. The topological polar surface area (TPSA) is 88.7 Å². The van der Waals surface area contributed by atoms with Crippen molar-refractivity contribution in [3.05, 3.63) is 30.2 Å². The van der Waals surface area contributed by atoms with Gasteiger partial charge in [0.05, 0.1) is 13.7 Å². The Hall–Kier alpha value is -2.41. The third kappa shape index (κ3) is 2.94. The quantitative estimate of drug-likeness (QED) is 0.900. The Kier molecular flexibility index (Phi) is 4.06. The normalized spacial score (nSPS) is 18.5. The Morgan fingerprint density at radius 3 is 3.18 bits per heavy atom. The number of hydrogen-bond acceptors (Lipinski definition) is 6.